The van der Waals surface area contributed by atoms with E-state index < -0.39 is 24.3 Å². The molecule has 4 heterocycles. The molecule has 4 N–H and O–H groups in total. The van der Waals surface area contributed by atoms with Gasteiger partial charge in [-0.3, -0.25) is 4.79 Å². The van der Waals surface area contributed by atoms with Gasteiger partial charge in [-0.15, -0.1) is 0 Å². The monoisotopic (exact) mass is 635 g/mol. The van der Waals surface area contributed by atoms with E-state index in [1.54, 1.807) is 12.3 Å². The fourth-order valence-corrected chi connectivity index (χ4v) is 6.51. The highest BCUT2D eigenvalue weighted by atomic mass is 35.5. The van der Waals surface area contributed by atoms with Gasteiger partial charge in [-0.25, -0.2) is 4.68 Å². The molecule has 0 radical (unpaired) electrons. The van der Waals surface area contributed by atoms with Crippen LogP contribution in [0.3, 0.4) is 0 Å². The number of aromatic nitrogens is 4. The summed E-state index contributed by atoms with van der Waals surface area (Å²) in [5, 5.41) is 17.6. The van der Waals surface area contributed by atoms with Crippen LogP contribution in [0.4, 0.5) is 24.9 Å². The molecular formula is C30H37ClF3N7O3. The number of nitrogens with two attached hydrogens (primary N) is 1. The second-order valence-electron chi connectivity index (χ2n) is 12.6. The van der Waals surface area contributed by atoms with Crippen LogP contribution in [0.15, 0.2) is 36.5 Å². The first-order valence-electron chi connectivity index (χ1n) is 14.6. The molecule has 2 aliphatic rings. The third kappa shape index (κ3) is 6.44. The normalized spacial score (nSPS) is 21.0. The van der Waals surface area contributed by atoms with Crippen molar-refractivity contribution >= 4 is 29.3 Å². The fourth-order valence-electron chi connectivity index (χ4n) is 6.35. The van der Waals surface area contributed by atoms with Gasteiger partial charge in [-0.2, -0.15) is 28.2 Å². The van der Waals surface area contributed by atoms with Gasteiger partial charge in [-0.1, -0.05) is 45.4 Å². The van der Waals surface area contributed by atoms with Crippen LogP contribution in [-0.4, -0.2) is 62.2 Å². The highest BCUT2D eigenvalue weighted by molar-refractivity contribution is 6.30. The summed E-state index contributed by atoms with van der Waals surface area (Å²) in [6.45, 7) is 8.96. The van der Waals surface area contributed by atoms with Crippen LogP contribution < -0.4 is 20.7 Å². The molecule has 0 saturated carbocycles. The lowest BCUT2D eigenvalue weighted by Crippen LogP contribution is -2.46. The zero-order valence-corrected chi connectivity index (χ0v) is 25.8. The largest absolute Gasteiger partial charge is 0.480 e. The molecule has 14 heteroatoms. The topological polar surface area (TPSA) is 131 Å². The Labute approximate surface area is 258 Å². The van der Waals surface area contributed by atoms with Crippen molar-refractivity contribution in [3.05, 3.63) is 52.8 Å². The Morgan fingerprint density at radius 1 is 1.20 bits per heavy atom. The van der Waals surface area contributed by atoms with Crippen LogP contribution in [0.5, 0.6) is 5.88 Å². The molecule has 2 saturated heterocycles. The Kier molecular flexibility index (Phi) is 8.49. The van der Waals surface area contributed by atoms with Gasteiger partial charge in [0.1, 0.15) is 11.9 Å². The zero-order chi connectivity index (χ0) is 32.0. The number of carboxylic acids is 1. The van der Waals surface area contributed by atoms with Crippen molar-refractivity contribution in [2.45, 2.75) is 83.2 Å². The first kappa shape index (κ1) is 31.8. The van der Waals surface area contributed by atoms with Crippen molar-refractivity contribution < 1.29 is 27.8 Å². The summed E-state index contributed by atoms with van der Waals surface area (Å²) in [5.41, 5.74) is 6.08. The van der Waals surface area contributed by atoms with Gasteiger partial charge in [0.15, 0.2) is 0 Å². The Morgan fingerprint density at radius 3 is 2.50 bits per heavy atom. The first-order valence-corrected chi connectivity index (χ1v) is 14.9. The number of ether oxygens (including phenoxy) is 1. The van der Waals surface area contributed by atoms with E-state index in [1.165, 1.54) is 28.9 Å². The zero-order valence-electron chi connectivity index (χ0n) is 25.0. The van der Waals surface area contributed by atoms with Gasteiger partial charge in [-0.05, 0) is 49.3 Å². The minimum atomic E-state index is -4.83. The number of nitrogen functional groups attached to an aromatic ring is 1. The summed E-state index contributed by atoms with van der Waals surface area (Å²) in [6.07, 6.45) is -2.93. The van der Waals surface area contributed by atoms with Gasteiger partial charge in [0.05, 0.1) is 11.4 Å². The minimum absolute atomic E-state index is 0.0653. The van der Waals surface area contributed by atoms with Gasteiger partial charge in [0.25, 0.3) is 0 Å². The number of nitrogens with one attached hydrogen (secondary N) is 1. The number of anilines is 2. The summed E-state index contributed by atoms with van der Waals surface area (Å²) < 4.78 is 50.9. The number of halogens is 4. The molecule has 0 amide bonds. The number of carbonyl (C=O) groups is 1. The van der Waals surface area contributed by atoms with E-state index >= 15 is 0 Å². The van der Waals surface area contributed by atoms with Crippen LogP contribution in [-0.2, 0) is 10.2 Å². The molecule has 2 fully saturated rings. The fraction of sp³-hybridized carbons (Fsp3) is 0.533. The van der Waals surface area contributed by atoms with Crippen LogP contribution >= 0.6 is 11.6 Å². The Balaban J connectivity index is 1.42. The van der Waals surface area contributed by atoms with Crippen LogP contribution in [0.25, 0.3) is 5.69 Å². The second-order valence-corrected chi connectivity index (χ2v) is 13.1. The lowest BCUT2D eigenvalue weighted by molar-refractivity contribution is -0.198. The standard InChI is InChI=1S/C30H37ClF3N7O3/c1-5-21-29(16-19(36-21)26(42)43)9-12-40(13-10-29)23-15-24(38-27(35)37-23)44-25(30(32,33)34)18-7-6-17(31)14-20(18)41-11-8-22(39-41)28(2,3)4/h6-8,11,14-15,19,21,25,36H,5,9-10,12-13,16H2,1-4H3,(H,42,43)(H2,35,37,38)/t19?,21?,25-/m1/s1. The van der Waals surface area contributed by atoms with Crippen molar-refractivity contribution in [2.75, 3.05) is 23.7 Å². The SMILES string of the molecule is CCC1NC(C(=O)O)CC12CCN(c1cc(O[C@H](c3ccc(Cl)cc3-n3ccc(C(C)(C)C)n3)C(F)(F)F)nc(N)n1)CC2. The number of piperidine rings is 1. The molecule has 3 atom stereocenters. The van der Waals surface area contributed by atoms with Gasteiger partial charge >= 0.3 is 12.1 Å². The molecule has 0 bridgehead atoms. The van der Waals surface area contributed by atoms with Crippen molar-refractivity contribution in [3.8, 4) is 11.6 Å². The summed E-state index contributed by atoms with van der Waals surface area (Å²) in [6, 6.07) is 6.64. The Morgan fingerprint density at radius 2 is 1.91 bits per heavy atom. The van der Waals surface area contributed by atoms with E-state index in [9.17, 15) is 23.1 Å². The van der Waals surface area contributed by atoms with Crippen LogP contribution in [0.1, 0.15) is 70.7 Å². The second kappa shape index (κ2) is 11.7. The highest BCUT2D eigenvalue weighted by Crippen LogP contribution is 2.46. The molecule has 2 aromatic heterocycles. The lowest BCUT2D eigenvalue weighted by Gasteiger charge is -2.43. The predicted molar refractivity (Wildman–Crippen MR) is 160 cm³/mol. The number of nitrogens with zero attached hydrogens (tertiary/aromatic N) is 5. The van der Waals surface area contributed by atoms with Crippen LogP contribution in [0.2, 0.25) is 5.02 Å². The summed E-state index contributed by atoms with van der Waals surface area (Å²) in [5.74, 6) is -1.07. The molecule has 1 spiro atoms. The number of hydrogen-bond acceptors (Lipinski definition) is 8. The summed E-state index contributed by atoms with van der Waals surface area (Å²) in [7, 11) is 0. The van der Waals surface area contributed by atoms with Gasteiger partial charge in [0.2, 0.25) is 17.9 Å². The van der Waals surface area contributed by atoms with Gasteiger partial charge < -0.3 is 25.8 Å². The number of benzene rings is 1. The average molecular weight is 636 g/mol. The quantitative estimate of drug-likeness (QED) is 0.300. The molecule has 1 aromatic carbocycles. The maximum atomic E-state index is 14.6. The number of hydrogen-bond donors (Lipinski definition) is 3. The van der Waals surface area contributed by atoms with Crippen LogP contribution in [0, 0.1) is 5.41 Å². The summed E-state index contributed by atoms with van der Waals surface area (Å²) >= 11 is 6.22. The maximum Gasteiger partial charge on any atom is 0.429 e. The molecule has 2 aliphatic heterocycles. The van der Waals surface area contributed by atoms with E-state index in [-0.39, 0.29) is 45.0 Å². The third-order valence-corrected chi connectivity index (χ3v) is 8.90. The molecule has 44 heavy (non-hydrogen) atoms. The van der Waals surface area contributed by atoms with Crippen molar-refractivity contribution in [3.63, 3.8) is 0 Å². The van der Waals surface area contributed by atoms with Gasteiger partial charge in [0, 0.05) is 47.4 Å². The molecule has 5 rings (SSSR count). The smallest absolute Gasteiger partial charge is 0.429 e. The number of aliphatic carboxylic acids is 1. The molecular weight excluding hydrogens is 599 g/mol. The minimum Gasteiger partial charge on any atom is -0.480 e. The molecule has 2 unspecified atom stereocenters. The maximum absolute atomic E-state index is 14.6. The van der Waals surface area contributed by atoms with Crippen molar-refractivity contribution in [1.29, 1.82) is 0 Å². The predicted octanol–water partition coefficient (Wildman–Crippen LogP) is 5.69. The first-order chi connectivity index (χ1) is 20.6. The summed E-state index contributed by atoms with van der Waals surface area (Å²) in [4.78, 5) is 21.9. The highest BCUT2D eigenvalue weighted by Gasteiger charge is 2.50. The molecule has 3 aromatic rings. The third-order valence-electron chi connectivity index (χ3n) is 8.66. The average Bonchev–Trinajstić information content (AvgIpc) is 3.57. The van der Waals surface area contributed by atoms with E-state index in [0.29, 0.717) is 43.9 Å². The molecule has 10 nitrogen and oxygen atoms in total. The number of alkyl halides is 3. The number of carboxylic acid groups (broad SMARTS) is 1. The Hall–Kier alpha value is -3.58. The molecule has 0 aliphatic carbocycles. The van der Waals surface area contributed by atoms with Crippen molar-refractivity contribution in [1.82, 2.24) is 25.1 Å². The van der Waals surface area contributed by atoms with E-state index in [1.807, 2.05) is 32.6 Å². The van der Waals surface area contributed by atoms with E-state index in [0.717, 1.165) is 6.42 Å². The lowest BCUT2D eigenvalue weighted by atomic mass is 9.71. The number of rotatable bonds is 7. The van der Waals surface area contributed by atoms with Crippen molar-refractivity contribution in [2.24, 2.45) is 5.41 Å². The molecule has 238 valence electrons. The van der Waals surface area contributed by atoms with E-state index in [2.05, 4.69) is 20.4 Å². The Bertz CT molecular complexity index is 1520. The van der Waals surface area contributed by atoms with E-state index in [4.69, 9.17) is 22.1 Å².